The van der Waals surface area contributed by atoms with Gasteiger partial charge in [0.25, 0.3) is 0 Å². The fourth-order valence-electron chi connectivity index (χ4n) is 2.09. The van der Waals surface area contributed by atoms with E-state index in [9.17, 15) is 12.8 Å². The topological polar surface area (TPSA) is 63.4 Å². The lowest BCUT2D eigenvalue weighted by Gasteiger charge is -2.22. The van der Waals surface area contributed by atoms with E-state index in [1.54, 1.807) is 0 Å². The summed E-state index contributed by atoms with van der Waals surface area (Å²) < 4.78 is 40.4. The number of benzene rings is 1. The molecule has 1 saturated carbocycles. The van der Waals surface area contributed by atoms with Crippen LogP contribution in [0.2, 0.25) is 0 Å². The first kappa shape index (κ1) is 14.3. The molecule has 1 aromatic rings. The van der Waals surface area contributed by atoms with Gasteiger partial charge in [-0.1, -0.05) is 19.4 Å². The number of hydrogen-bond acceptors (Lipinski definition) is 3. The fourth-order valence-corrected chi connectivity index (χ4v) is 3.98. The van der Waals surface area contributed by atoms with Gasteiger partial charge in [0, 0.05) is 12.6 Å². The van der Waals surface area contributed by atoms with Crippen LogP contribution in [0.3, 0.4) is 0 Å². The Bertz CT molecular complexity index is 536. The van der Waals surface area contributed by atoms with Gasteiger partial charge < -0.3 is 5.73 Å². The van der Waals surface area contributed by atoms with Crippen molar-refractivity contribution in [2.45, 2.75) is 43.5 Å². The molecular weight excluding hydrogens is 267 g/mol. The molecule has 4 nitrogen and oxygen atoms in total. The summed E-state index contributed by atoms with van der Waals surface area (Å²) in [4.78, 5) is -0.377. The molecule has 1 aliphatic rings. The van der Waals surface area contributed by atoms with Gasteiger partial charge in [0.15, 0.2) is 0 Å². The van der Waals surface area contributed by atoms with E-state index < -0.39 is 15.8 Å². The zero-order chi connectivity index (χ0) is 14.0. The number of nitrogens with zero attached hydrogens (tertiary/aromatic N) is 1. The summed E-state index contributed by atoms with van der Waals surface area (Å²) in [5.74, 6) is -0.776. The zero-order valence-corrected chi connectivity index (χ0v) is 11.8. The molecule has 2 rings (SSSR count). The Hall–Kier alpha value is -1.14. The van der Waals surface area contributed by atoms with Crippen molar-refractivity contribution >= 4 is 15.7 Å². The van der Waals surface area contributed by atoms with Crippen molar-refractivity contribution in [1.82, 2.24) is 4.31 Å². The number of sulfonamides is 1. The molecule has 106 valence electrons. The van der Waals surface area contributed by atoms with E-state index in [2.05, 4.69) is 0 Å². The highest BCUT2D eigenvalue weighted by molar-refractivity contribution is 7.89. The van der Waals surface area contributed by atoms with Gasteiger partial charge in [-0.05, 0) is 31.4 Å². The van der Waals surface area contributed by atoms with Gasteiger partial charge >= 0.3 is 0 Å². The lowest BCUT2D eigenvalue weighted by Crippen LogP contribution is -2.35. The van der Waals surface area contributed by atoms with Crippen molar-refractivity contribution in [2.24, 2.45) is 0 Å². The predicted octanol–water partition coefficient (Wildman–Crippen LogP) is 2.36. The van der Waals surface area contributed by atoms with E-state index >= 15 is 0 Å². The van der Waals surface area contributed by atoms with Gasteiger partial charge in [0.1, 0.15) is 10.7 Å². The Balaban J connectivity index is 2.39. The smallest absolute Gasteiger partial charge is 0.248 e. The molecule has 0 saturated heterocycles. The molecular formula is C13H19FN2O2S. The minimum atomic E-state index is -3.84. The van der Waals surface area contributed by atoms with Crippen molar-refractivity contribution < 1.29 is 12.8 Å². The Morgan fingerprint density at radius 3 is 2.63 bits per heavy atom. The molecule has 0 heterocycles. The van der Waals surface area contributed by atoms with E-state index in [1.165, 1.54) is 16.4 Å². The molecule has 1 fully saturated rings. The number of rotatable bonds is 6. The molecule has 0 unspecified atom stereocenters. The fraction of sp³-hybridized carbons (Fsp3) is 0.538. The predicted molar refractivity (Wildman–Crippen MR) is 72.6 cm³/mol. The van der Waals surface area contributed by atoms with Crippen LogP contribution in [0.1, 0.15) is 32.6 Å². The lowest BCUT2D eigenvalue weighted by atomic mass is 10.3. The van der Waals surface area contributed by atoms with Crippen LogP contribution in [0.4, 0.5) is 10.1 Å². The number of anilines is 1. The van der Waals surface area contributed by atoms with Gasteiger partial charge in [-0.3, -0.25) is 0 Å². The third kappa shape index (κ3) is 2.90. The van der Waals surface area contributed by atoms with Crippen molar-refractivity contribution in [3.05, 3.63) is 24.0 Å². The number of halogens is 1. The number of nitrogens with two attached hydrogens (primary N) is 1. The Morgan fingerprint density at radius 2 is 2.11 bits per heavy atom. The van der Waals surface area contributed by atoms with E-state index in [4.69, 9.17) is 5.73 Å². The highest BCUT2D eigenvalue weighted by atomic mass is 32.2. The molecule has 0 bridgehead atoms. The third-order valence-corrected chi connectivity index (χ3v) is 5.30. The molecule has 1 aliphatic carbocycles. The van der Waals surface area contributed by atoms with E-state index in [0.29, 0.717) is 6.54 Å². The molecule has 0 atom stereocenters. The lowest BCUT2D eigenvalue weighted by molar-refractivity contribution is 0.393. The third-order valence-electron chi connectivity index (χ3n) is 3.25. The largest absolute Gasteiger partial charge is 0.398 e. The van der Waals surface area contributed by atoms with Gasteiger partial charge in [-0.15, -0.1) is 0 Å². The van der Waals surface area contributed by atoms with Crippen molar-refractivity contribution in [3.63, 3.8) is 0 Å². The summed E-state index contributed by atoms with van der Waals surface area (Å²) in [5, 5.41) is 0. The van der Waals surface area contributed by atoms with Crippen LogP contribution in [-0.2, 0) is 10.0 Å². The Labute approximate surface area is 113 Å². The normalized spacial score (nSPS) is 15.9. The van der Waals surface area contributed by atoms with Gasteiger partial charge in [0.05, 0.1) is 5.69 Å². The molecule has 0 aliphatic heterocycles. The van der Waals surface area contributed by atoms with Crippen LogP contribution >= 0.6 is 0 Å². The first-order valence-electron chi connectivity index (χ1n) is 6.54. The second kappa shape index (κ2) is 5.46. The molecule has 0 aromatic heterocycles. The molecule has 1 aromatic carbocycles. The average molecular weight is 286 g/mol. The maximum Gasteiger partial charge on any atom is 0.248 e. The quantitative estimate of drug-likeness (QED) is 0.817. The van der Waals surface area contributed by atoms with Crippen LogP contribution in [0, 0.1) is 5.82 Å². The molecule has 0 radical (unpaired) electrons. The second-order valence-electron chi connectivity index (χ2n) is 4.86. The number of hydrogen-bond donors (Lipinski definition) is 1. The summed E-state index contributed by atoms with van der Waals surface area (Å²) in [6.45, 7) is 2.42. The first-order valence-corrected chi connectivity index (χ1v) is 7.98. The maximum absolute atomic E-state index is 13.8. The van der Waals surface area contributed by atoms with Crippen molar-refractivity contribution in [1.29, 1.82) is 0 Å². The number of unbranched alkanes of at least 4 members (excludes halogenated alkanes) is 1. The second-order valence-corrected chi connectivity index (χ2v) is 6.69. The highest BCUT2D eigenvalue weighted by Crippen LogP contribution is 2.34. The number of nitrogen functional groups attached to an aromatic ring is 1. The van der Waals surface area contributed by atoms with Crippen LogP contribution in [0.15, 0.2) is 23.1 Å². The van der Waals surface area contributed by atoms with E-state index in [1.807, 2.05) is 6.92 Å². The average Bonchev–Trinajstić information content (AvgIpc) is 3.13. The van der Waals surface area contributed by atoms with Crippen molar-refractivity contribution in [3.8, 4) is 0 Å². The minimum absolute atomic E-state index is 0.00977. The minimum Gasteiger partial charge on any atom is -0.398 e. The van der Waals surface area contributed by atoms with E-state index in [0.717, 1.165) is 31.7 Å². The maximum atomic E-state index is 13.8. The van der Waals surface area contributed by atoms with Crippen LogP contribution in [-0.4, -0.2) is 25.3 Å². The van der Waals surface area contributed by atoms with Crippen LogP contribution < -0.4 is 5.73 Å². The Kier molecular flexibility index (Phi) is 4.10. The zero-order valence-electron chi connectivity index (χ0n) is 11.0. The standard InChI is InChI=1S/C13H19FN2O2S/c1-2-3-9-16(10-7-8-10)19(17,18)13-11(14)5-4-6-12(13)15/h4-6,10H,2-3,7-9,15H2,1H3. The monoisotopic (exact) mass is 286 g/mol. The SMILES string of the molecule is CCCCN(C1CC1)S(=O)(=O)c1c(N)cccc1F. The van der Waals surface area contributed by atoms with Gasteiger partial charge in [-0.2, -0.15) is 4.31 Å². The van der Waals surface area contributed by atoms with E-state index in [-0.39, 0.29) is 16.6 Å². The summed E-state index contributed by atoms with van der Waals surface area (Å²) in [5.41, 5.74) is 5.62. The molecule has 0 amide bonds. The summed E-state index contributed by atoms with van der Waals surface area (Å²) in [7, 11) is -3.84. The van der Waals surface area contributed by atoms with Crippen LogP contribution in [0.5, 0.6) is 0 Å². The first-order chi connectivity index (χ1) is 8.98. The summed E-state index contributed by atoms with van der Waals surface area (Å²) >= 11 is 0. The highest BCUT2D eigenvalue weighted by Gasteiger charge is 2.39. The molecule has 19 heavy (non-hydrogen) atoms. The molecule has 2 N–H and O–H groups in total. The van der Waals surface area contributed by atoms with Crippen LogP contribution in [0.25, 0.3) is 0 Å². The molecule has 6 heteroatoms. The van der Waals surface area contributed by atoms with Gasteiger partial charge in [-0.25, -0.2) is 12.8 Å². The van der Waals surface area contributed by atoms with Gasteiger partial charge in [0.2, 0.25) is 10.0 Å². The Morgan fingerprint density at radius 1 is 1.42 bits per heavy atom. The molecule has 0 spiro atoms. The summed E-state index contributed by atoms with van der Waals surface area (Å²) in [6, 6.07) is 3.97. The van der Waals surface area contributed by atoms with Crippen molar-refractivity contribution in [2.75, 3.05) is 12.3 Å². The summed E-state index contributed by atoms with van der Waals surface area (Å²) in [6.07, 6.45) is 3.35.